The number of thioether (sulfide) groups is 1. The minimum Gasteiger partial charge on any atom is -0.497 e. The molecular formula is C21H30N2O3S. The normalized spacial score (nSPS) is 24.3. The van der Waals surface area contributed by atoms with Crippen LogP contribution in [-0.2, 0) is 0 Å². The lowest BCUT2D eigenvalue weighted by atomic mass is 10.0. The lowest BCUT2D eigenvalue weighted by Crippen LogP contribution is -2.44. The first-order chi connectivity index (χ1) is 13.2. The van der Waals surface area contributed by atoms with Gasteiger partial charge in [0, 0.05) is 44.0 Å². The van der Waals surface area contributed by atoms with Crippen molar-refractivity contribution in [3.63, 3.8) is 0 Å². The zero-order chi connectivity index (χ0) is 18.6. The first kappa shape index (κ1) is 18.9. The van der Waals surface area contributed by atoms with Crippen molar-refractivity contribution in [1.82, 2.24) is 9.80 Å². The quantitative estimate of drug-likeness (QED) is 0.772. The minimum atomic E-state index is 0.0885. The molecule has 3 aliphatic heterocycles. The highest BCUT2D eigenvalue weighted by Gasteiger charge is 2.29. The largest absolute Gasteiger partial charge is 0.497 e. The SMILES string of the molecule is COc1ccc(C(=O)N2CCCC2)c(OC2CCN([C@H]3CCSC3)CC2)c1. The standard InChI is InChI=1S/C21H30N2O3S/c1-25-18-4-5-19(21(24)23-9-2-3-10-23)20(14-18)26-17-6-11-22(12-7-17)16-8-13-27-15-16/h4-5,14,16-17H,2-3,6-13,15H2,1H3/t16-/m0/s1. The molecule has 6 heteroatoms. The summed E-state index contributed by atoms with van der Waals surface area (Å²) >= 11 is 2.07. The van der Waals surface area contributed by atoms with Crippen molar-refractivity contribution in [3.05, 3.63) is 23.8 Å². The molecule has 3 saturated heterocycles. The van der Waals surface area contributed by atoms with Gasteiger partial charge in [0.1, 0.15) is 17.6 Å². The van der Waals surface area contributed by atoms with E-state index in [0.29, 0.717) is 11.3 Å². The molecule has 3 fully saturated rings. The number of likely N-dealkylation sites (tertiary alicyclic amines) is 2. The van der Waals surface area contributed by atoms with Gasteiger partial charge >= 0.3 is 0 Å². The van der Waals surface area contributed by atoms with Gasteiger partial charge in [-0.2, -0.15) is 11.8 Å². The second-order valence-electron chi connectivity index (χ2n) is 7.73. The first-order valence-corrected chi connectivity index (χ1v) is 11.4. The number of carbonyl (C=O) groups is 1. The Balaban J connectivity index is 1.43. The first-order valence-electron chi connectivity index (χ1n) is 10.2. The monoisotopic (exact) mass is 390 g/mol. The molecule has 5 nitrogen and oxygen atoms in total. The van der Waals surface area contributed by atoms with E-state index in [1.807, 2.05) is 23.1 Å². The highest BCUT2D eigenvalue weighted by Crippen LogP contribution is 2.31. The summed E-state index contributed by atoms with van der Waals surface area (Å²) in [4.78, 5) is 17.5. The molecule has 1 amide bonds. The average Bonchev–Trinajstić information content (AvgIpc) is 3.42. The summed E-state index contributed by atoms with van der Waals surface area (Å²) in [5.41, 5.74) is 0.673. The highest BCUT2D eigenvalue weighted by molar-refractivity contribution is 7.99. The molecule has 1 aromatic carbocycles. The van der Waals surface area contributed by atoms with Crippen LogP contribution in [0, 0.1) is 0 Å². The summed E-state index contributed by atoms with van der Waals surface area (Å²) in [7, 11) is 1.65. The zero-order valence-corrected chi connectivity index (χ0v) is 17.0. The molecule has 1 aromatic rings. The van der Waals surface area contributed by atoms with Crippen molar-refractivity contribution in [1.29, 1.82) is 0 Å². The van der Waals surface area contributed by atoms with E-state index in [-0.39, 0.29) is 12.0 Å². The Hall–Kier alpha value is -1.40. The number of methoxy groups -OCH3 is 1. The third-order valence-electron chi connectivity index (χ3n) is 6.00. The molecule has 0 radical (unpaired) electrons. The van der Waals surface area contributed by atoms with Crippen LogP contribution in [0.2, 0.25) is 0 Å². The van der Waals surface area contributed by atoms with Crippen LogP contribution >= 0.6 is 11.8 Å². The van der Waals surface area contributed by atoms with E-state index in [1.165, 1.54) is 17.9 Å². The lowest BCUT2D eigenvalue weighted by molar-refractivity contribution is 0.0735. The summed E-state index contributed by atoms with van der Waals surface area (Å²) < 4.78 is 11.7. The van der Waals surface area contributed by atoms with Crippen molar-refractivity contribution in [2.45, 2.75) is 44.2 Å². The second kappa shape index (κ2) is 8.74. The summed E-state index contributed by atoms with van der Waals surface area (Å²) in [6, 6.07) is 6.35. The number of ether oxygens (including phenoxy) is 2. The molecular weight excluding hydrogens is 360 g/mol. The van der Waals surface area contributed by atoms with Gasteiger partial charge in [0.2, 0.25) is 0 Å². The third-order valence-corrected chi connectivity index (χ3v) is 7.15. The summed E-state index contributed by atoms with van der Waals surface area (Å²) in [6.45, 7) is 3.88. The molecule has 0 unspecified atom stereocenters. The van der Waals surface area contributed by atoms with E-state index in [4.69, 9.17) is 9.47 Å². The van der Waals surface area contributed by atoms with Crippen LogP contribution in [0.5, 0.6) is 11.5 Å². The van der Waals surface area contributed by atoms with Crippen molar-refractivity contribution in [2.75, 3.05) is 44.8 Å². The van der Waals surface area contributed by atoms with Gasteiger partial charge in [0.05, 0.1) is 12.7 Å². The molecule has 1 atom stereocenters. The predicted molar refractivity (Wildman–Crippen MR) is 109 cm³/mol. The number of hydrogen-bond acceptors (Lipinski definition) is 5. The molecule has 0 spiro atoms. The van der Waals surface area contributed by atoms with Gasteiger partial charge in [-0.05, 0) is 50.0 Å². The maximum Gasteiger partial charge on any atom is 0.257 e. The molecule has 3 heterocycles. The molecule has 0 N–H and O–H groups in total. The molecule has 27 heavy (non-hydrogen) atoms. The van der Waals surface area contributed by atoms with Crippen molar-refractivity contribution in [2.24, 2.45) is 0 Å². The van der Waals surface area contributed by atoms with Crippen LogP contribution in [0.1, 0.15) is 42.5 Å². The molecule has 0 bridgehead atoms. The van der Waals surface area contributed by atoms with Gasteiger partial charge in [-0.1, -0.05) is 0 Å². The fourth-order valence-electron chi connectivity index (χ4n) is 4.34. The van der Waals surface area contributed by atoms with Crippen LogP contribution in [0.25, 0.3) is 0 Å². The van der Waals surface area contributed by atoms with Gasteiger partial charge in [-0.25, -0.2) is 0 Å². The predicted octanol–water partition coefficient (Wildman–Crippen LogP) is 3.28. The summed E-state index contributed by atoms with van der Waals surface area (Å²) in [5, 5.41) is 0. The topological polar surface area (TPSA) is 42.0 Å². The lowest BCUT2D eigenvalue weighted by Gasteiger charge is -2.36. The maximum atomic E-state index is 12.9. The van der Waals surface area contributed by atoms with Crippen molar-refractivity contribution >= 4 is 17.7 Å². The molecule has 148 valence electrons. The maximum absolute atomic E-state index is 12.9. The van der Waals surface area contributed by atoms with E-state index in [9.17, 15) is 4.79 Å². The van der Waals surface area contributed by atoms with E-state index >= 15 is 0 Å². The molecule has 4 rings (SSSR count). The van der Waals surface area contributed by atoms with Gasteiger partial charge in [-0.15, -0.1) is 0 Å². The Labute approximate surface area is 166 Å². The van der Waals surface area contributed by atoms with Crippen LogP contribution in [-0.4, -0.2) is 72.6 Å². The number of piperidine rings is 1. The minimum absolute atomic E-state index is 0.0885. The van der Waals surface area contributed by atoms with Crippen LogP contribution < -0.4 is 9.47 Å². The number of nitrogens with zero attached hydrogens (tertiary/aromatic N) is 2. The van der Waals surface area contributed by atoms with Crippen molar-refractivity contribution in [3.8, 4) is 11.5 Å². The average molecular weight is 391 g/mol. The Morgan fingerprint density at radius 2 is 1.89 bits per heavy atom. The Kier molecular flexibility index (Phi) is 6.13. The molecule has 3 aliphatic rings. The Bertz CT molecular complexity index is 649. The number of rotatable bonds is 5. The second-order valence-corrected chi connectivity index (χ2v) is 8.88. The van der Waals surface area contributed by atoms with Crippen LogP contribution in [0.3, 0.4) is 0 Å². The van der Waals surface area contributed by atoms with Crippen molar-refractivity contribution < 1.29 is 14.3 Å². The number of amides is 1. The molecule has 0 aliphatic carbocycles. The number of hydrogen-bond donors (Lipinski definition) is 0. The number of carbonyl (C=O) groups excluding carboxylic acids is 1. The Morgan fingerprint density at radius 3 is 2.56 bits per heavy atom. The van der Waals surface area contributed by atoms with E-state index < -0.39 is 0 Å². The molecule has 0 aromatic heterocycles. The van der Waals surface area contributed by atoms with Gasteiger partial charge in [0.25, 0.3) is 5.91 Å². The summed E-state index contributed by atoms with van der Waals surface area (Å²) in [6.07, 6.45) is 5.73. The van der Waals surface area contributed by atoms with E-state index in [2.05, 4.69) is 16.7 Å². The number of benzene rings is 1. The van der Waals surface area contributed by atoms with E-state index in [0.717, 1.165) is 63.7 Å². The summed E-state index contributed by atoms with van der Waals surface area (Å²) in [5.74, 6) is 4.08. The van der Waals surface area contributed by atoms with Crippen LogP contribution in [0.15, 0.2) is 18.2 Å². The third kappa shape index (κ3) is 4.37. The highest BCUT2D eigenvalue weighted by atomic mass is 32.2. The van der Waals surface area contributed by atoms with Crippen LogP contribution in [0.4, 0.5) is 0 Å². The zero-order valence-electron chi connectivity index (χ0n) is 16.2. The van der Waals surface area contributed by atoms with Gasteiger partial charge in [0.15, 0.2) is 0 Å². The fourth-order valence-corrected chi connectivity index (χ4v) is 5.60. The van der Waals surface area contributed by atoms with E-state index in [1.54, 1.807) is 7.11 Å². The van der Waals surface area contributed by atoms with Gasteiger partial charge in [-0.3, -0.25) is 9.69 Å². The smallest absolute Gasteiger partial charge is 0.257 e. The fraction of sp³-hybridized carbons (Fsp3) is 0.667. The Morgan fingerprint density at radius 1 is 1.11 bits per heavy atom. The molecule has 0 saturated carbocycles. The van der Waals surface area contributed by atoms with Gasteiger partial charge < -0.3 is 14.4 Å².